The maximum Gasteiger partial charge on any atom is 0.241 e. The fourth-order valence-corrected chi connectivity index (χ4v) is 4.75. The Morgan fingerprint density at radius 2 is 1.93 bits per heavy atom. The van der Waals surface area contributed by atoms with Gasteiger partial charge in [-0.25, -0.2) is 0 Å². The van der Waals surface area contributed by atoms with E-state index in [-0.39, 0.29) is 11.9 Å². The summed E-state index contributed by atoms with van der Waals surface area (Å²) in [4.78, 5) is 20.0. The van der Waals surface area contributed by atoms with E-state index in [9.17, 15) is 4.79 Å². The van der Waals surface area contributed by atoms with Gasteiger partial charge in [-0.15, -0.1) is 0 Å². The third-order valence-corrected chi connectivity index (χ3v) is 6.56. The first-order valence-electron chi connectivity index (χ1n) is 10.9. The van der Waals surface area contributed by atoms with E-state index in [1.165, 1.54) is 5.56 Å². The molecular weight excluding hydrogens is 362 g/mol. The smallest absolute Gasteiger partial charge is 0.241 e. The molecule has 0 bridgehead atoms. The van der Waals surface area contributed by atoms with Crippen LogP contribution >= 0.6 is 0 Å². The number of benzene rings is 1. The number of nitrogens with zero attached hydrogens (tertiary/aromatic N) is 5. The molecule has 6 heteroatoms. The van der Waals surface area contributed by atoms with Gasteiger partial charge in [0.2, 0.25) is 5.91 Å². The fraction of sp³-hybridized carbons (Fsp3) is 0.565. The second kappa shape index (κ2) is 9.09. The highest BCUT2D eigenvalue weighted by Crippen LogP contribution is 2.30. The number of likely N-dealkylation sites (N-methyl/N-ethyl adjacent to an activating group) is 1. The Morgan fingerprint density at radius 3 is 2.69 bits per heavy atom. The number of anilines is 1. The van der Waals surface area contributed by atoms with E-state index in [4.69, 9.17) is 0 Å². The Labute approximate surface area is 174 Å². The van der Waals surface area contributed by atoms with Crippen LogP contribution in [0.25, 0.3) is 0 Å². The van der Waals surface area contributed by atoms with Crippen LogP contribution < -0.4 is 4.90 Å². The minimum atomic E-state index is 0.230. The molecule has 2 aliphatic rings. The summed E-state index contributed by atoms with van der Waals surface area (Å²) in [6, 6.07) is 11.1. The van der Waals surface area contributed by atoms with Gasteiger partial charge < -0.3 is 9.80 Å². The third kappa shape index (κ3) is 4.70. The van der Waals surface area contributed by atoms with Crippen LogP contribution in [0, 0.1) is 0 Å². The van der Waals surface area contributed by atoms with Gasteiger partial charge in [-0.05, 0) is 70.4 Å². The van der Waals surface area contributed by atoms with Crippen molar-refractivity contribution in [3.63, 3.8) is 0 Å². The average Bonchev–Trinajstić information content (AvgIpc) is 3.26. The zero-order valence-electron chi connectivity index (χ0n) is 17.7. The molecule has 0 aliphatic carbocycles. The number of para-hydroxylation sites is 1. The molecule has 0 N–H and O–H groups in total. The van der Waals surface area contributed by atoms with Crippen molar-refractivity contribution < 1.29 is 4.79 Å². The monoisotopic (exact) mass is 395 g/mol. The van der Waals surface area contributed by atoms with Crippen molar-refractivity contribution in [1.82, 2.24) is 19.6 Å². The van der Waals surface area contributed by atoms with E-state index in [1.54, 1.807) is 0 Å². The molecule has 1 saturated heterocycles. The second-order valence-corrected chi connectivity index (χ2v) is 8.54. The summed E-state index contributed by atoms with van der Waals surface area (Å²) in [5.74, 6) is 0.230. The highest BCUT2D eigenvalue weighted by molar-refractivity contribution is 5.96. The molecule has 156 valence electrons. The summed E-state index contributed by atoms with van der Waals surface area (Å²) in [5, 5.41) is 4.28. The molecule has 1 atom stereocenters. The lowest BCUT2D eigenvalue weighted by atomic mass is 9.96. The summed E-state index contributed by atoms with van der Waals surface area (Å²) in [6.07, 6.45) is 8.20. The molecule has 1 unspecified atom stereocenters. The molecule has 3 heterocycles. The molecule has 1 amide bonds. The number of fused-ring (bicyclic) bond motifs is 1. The van der Waals surface area contributed by atoms with Gasteiger partial charge in [0.1, 0.15) is 0 Å². The highest BCUT2D eigenvalue weighted by atomic mass is 16.2. The molecule has 0 saturated carbocycles. The molecule has 0 spiro atoms. The number of aryl methyl sites for hydroxylation is 1. The van der Waals surface area contributed by atoms with Crippen LogP contribution in [0.15, 0.2) is 42.7 Å². The van der Waals surface area contributed by atoms with E-state index in [0.717, 1.165) is 57.5 Å². The lowest BCUT2D eigenvalue weighted by Gasteiger charge is -2.39. The van der Waals surface area contributed by atoms with E-state index in [0.29, 0.717) is 12.6 Å². The molecule has 4 rings (SSSR count). The predicted octanol–water partition coefficient (Wildman–Crippen LogP) is 2.65. The van der Waals surface area contributed by atoms with Gasteiger partial charge in [0.25, 0.3) is 0 Å². The Hall–Kier alpha value is -2.18. The molecule has 2 aliphatic heterocycles. The van der Waals surface area contributed by atoms with Gasteiger partial charge in [-0.2, -0.15) is 5.10 Å². The van der Waals surface area contributed by atoms with Crippen LogP contribution in [0.3, 0.4) is 0 Å². The summed E-state index contributed by atoms with van der Waals surface area (Å²) in [6.45, 7) is 6.83. The van der Waals surface area contributed by atoms with E-state index < -0.39 is 0 Å². The maximum absolute atomic E-state index is 13.2. The summed E-state index contributed by atoms with van der Waals surface area (Å²) < 4.78 is 1.99. The van der Waals surface area contributed by atoms with Gasteiger partial charge in [0, 0.05) is 36.7 Å². The molecule has 0 radical (unpaired) electrons. The van der Waals surface area contributed by atoms with Crippen molar-refractivity contribution in [3.8, 4) is 0 Å². The first kappa shape index (κ1) is 20.1. The lowest BCUT2D eigenvalue weighted by Crippen LogP contribution is -2.50. The molecular formula is C23H33N5O. The van der Waals surface area contributed by atoms with Crippen LogP contribution in [0.1, 0.15) is 31.7 Å². The fourth-order valence-electron chi connectivity index (χ4n) is 4.75. The van der Waals surface area contributed by atoms with Crippen LogP contribution in [0.5, 0.6) is 0 Å². The number of carbonyl (C=O) groups excluding carboxylic acids is 1. The third-order valence-electron chi connectivity index (χ3n) is 6.56. The number of piperidine rings is 1. The van der Waals surface area contributed by atoms with Crippen molar-refractivity contribution in [2.24, 2.45) is 0 Å². The maximum atomic E-state index is 13.2. The van der Waals surface area contributed by atoms with E-state index >= 15 is 0 Å². The second-order valence-electron chi connectivity index (χ2n) is 8.54. The quantitative estimate of drug-likeness (QED) is 0.754. The van der Waals surface area contributed by atoms with Gasteiger partial charge in [-0.3, -0.25) is 14.4 Å². The highest BCUT2D eigenvalue weighted by Gasteiger charge is 2.30. The summed E-state index contributed by atoms with van der Waals surface area (Å²) in [5.41, 5.74) is 2.41. The minimum Gasteiger partial charge on any atom is -0.308 e. The Morgan fingerprint density at radius 1 is 1.14 bits per heavy atom. The lowest BCUT2D eigenvalue weighted by molar-refractivity contribution is -0.120. The standard InChI is InChI=1S/C23H33N5O/c1-19-8-9-20-6-3-4-7-22(20)28(19)23(29)18-25(2)21-10-14-26(15-11-21)16-17-27-13-5-12-24-27/h3-7,12-13,19,21H,8-11,14-18H2,1-2H3. The van der Waals surface area contributed by atoms with Gasteiger partial charge >= 0.3 is 0 Å². The van der Waals surface area contributed by atoms with Crippen LogP contribution in [0.2, 0.25) is 0 Å². The largest absolute Gasteiger partial charge is 0.308 e. The van der Waals surface area contributed by atoms with Crippen LogP contribution in [-0.4, -0.2) is 70.8 Å². The number of rotatable bonds is 6. The first-order valence-corrected chi connectivity index (χ1v) is 10.9. The molecule has 2 aromatic rings. The van der Waals surface area contributed by atoms with Gasteiger partial charge in [0.05, 0.1) is 13.1 Å². The van der Waals surface area contributed by atoms with Crippen LogP contribution in [-0.2, 0) is 17.8 Å². The van der Waals surface area contributed by atoms with Crippen molar-refractivity contribution >= 4 is 11.6 Å². The normalized spacial score (nSPS) is 20.8. The SMILES string of the molecule is CC1CCc2ccccc2N1C(=O)CN(C)C1CCN(CCn2cccn2)CC1. The molecule has 1 aromatic carbocycles. The van der Waals surface area contributed by atoms with E-state index in [2.05, 4.69) is 47.1 Å². The Balaban J connectivity index is 1.28. The topological polar surface area (TPSA) is 44.6 Å². The number of amides is 1. The van der Waals surface area contributed by atoms with Crippen molar-refractivity contribution in [1.29, 1.82) is 0 Å². The number of aromatic nitrogens is 2. The minimum absolute atomic E-state index is 0.230. The average molecular weight is 396 g/mol. The van der Waals surface area contributed by atoms with Crippen molar-refractivity contribution in [2.45, 2.75) is 51.2 Å². The Kier molecular flexibility index (Phi) is 6.31. The Bertz CT molecular complexity index is 797. The van der Waals surface area contributed by atoms with Gasteiger partial charge in [0.15, 0.2) is 0 Å². The summed E-state index contributed by atoms with van der Waals surface area (Å²) >= 11 is 0. The predicted molar refractivity (Wildman–Crippen MR) is 116 cm³/mol. The summed E-state index contributed by atoms with van der Waals surface area (Å²) in [7, 11) is 2.11. The molecule has 1 fully saturated rings. The van der Waals surface area contributed by atoms with Crippen molar-refractivity contribution in [3.05, 3.63) is 48.3 Å². The zero-order chi connectivity index (χ0) is 20.2. The first-order chi connectivity index (χ1) is 14.1. The number of likely N-dealkylation sites (tertiary alicyclic amines) is 1. The molecule has 6 nitrogen and oxygen atoms in total. The molecule has 1 aromatic heterocycles. The van der Waals surface area contributed by atoms with E-state index in [1.807, 2.05) is 34.1 Å². The number of carbonyl (C=O) groups is 1. The molecule has 29 heavy (non-hydrogen) atoms. The number of hydrogen-bond acceptors (Lipinski definition) is 4. The van der Waals surface area contributed by atoms with Gasteiger partial charge in [-0.1, -0.05) is 18.2 Å². The number of hydrogen-bond donors (Lipinski definition) is 0. The van der Waals surface area contributed by atoms with Crippen LogP contribution in [0.4, 0.5) is 5.69 Å². The van der Waals surface area contributed by atoms with Crippen molar-refractivity contribution in [2.75, 3.05) is 38.1 Å². The zero-order valence-corrected chi connectivity index (χ0v) is 17.7.